The highest BCUT2D eigenvalue weighted by atomic mass is 32.3. The maximum absolute atomic E-state index is 9.45. The number of aliphatic hydroxyl groups excluding tert-OH is 1. The lowest BCUT2D eigenvalue weighted by Crippen LogP contribution is -2.03. The number of rotatable bonds is 11. The number of unbranched alkanes of at least 4 members (excludes halogenated alkanes) is 7. The molecule has 0 heterocycles. The SMILES string of the molecule is C=CCC(O)CCCCCCCCCC.N.N.O=S(=O)(O)O. The van der Waals surface area contributed by atoms with Gasteiger partial charge in [0.25, 0.3) is 0 Å². The summed E-state index contributed by atoms with van der Waals surface area (Å²) >= 11 is 0. The third-order valence-electron chi connectivity index (χ3n) is 2.83. The normalized spacial score (nSPS) is 11.3. The summed E-state index contributed by atoms with van der Waals surface area (Å²) in [7, 11) is -4.67. The minimum absolute atomic E-state index is 0. The van der Waals surface area contributed by atoms with Crippen LogP contribution in [0.4, 0.5) is 0 Å². The molecule has 22 heavy (non-hydrogen) atoms. The molecule has 9 N–H and O–H groups in total. The van der Waals surface area contributed by atoms with Gasteiger partial charge >= 0.3 is 10.4 Å². The monoisotopic (exact) mass is 344 g/mol. The molecule has 0 aromatic heterocycles. The molecule has 0 aromatic rings. The number of hydrogen-bond acceptors (Lipinski definition) is 5. The van der Waals surface area contributed by atoms with Crippen LogP contribution in [-0.2, 0) is 10.4 Å². The fourth-order valence-corrected chi connectivity index (χ4v) is 1.82. The first-order valence-electron chi connectivity index (χ1n) is 7.30. The van der Waals surface area contributed by atoms with Crippen molar-refractivity contribution >= 4 is 10.4 Å². The van der Waals surface area contributed by atoms with Crippen LogP contribution in [0.5, 0.6) is 0 Å². The van der Waals surface area contributed by atoms with Crippen molar-refractivity contribution in [2.24, 2.45) is 0 Å². The molecule has 0 saturated carbocycles. The Balaban J connectivity index is -0.000000201. The van der Waals surface area contributed by atoms with Crippen molar-refractivity contribution in [2.75, 3.05) is 0 Å². The van der Waals surface area contributed by atoms with E-state index >= 15 is 0 Å². The smallest absolute Gasteiger partial charge is 0.393 e. The van der Waals surface area contributed by atoms with Gasteiger partial charge in [0, 0.05) is 0 Å². The van der Waals surface area contributed by atoms with Crippen LogP contribution in [0.15, 0.2) is 12.7 Å². The summed E-state index contributed by atoms with van der Waals surface area (Å²) in [4.78, 5) is 0. The van der Waals surface area contributed by atoms with Crippen LogP contribution in [0.25, 0.3) is 0 Å². The van der Waals surface area contributed by atoms with E-state index in [1.165, 1.54) is 51.4 Å². The Kier molecular flexibility index (Phi) is 27.5. The summed E-state index contributed by atoms with van der Waals surface area (Å²) in [5.41, 5.74) is 0. The molecule has 0 bridgehead atoms. The molecule has 0 saturated heterocycles. The second-order valence-corrected chi connectivity index (χ2v) is 5.79. The summed E-state index contributed by atoms with van der Waals surface area (Å²) in [6.45, 7) is 5.88. The van der Waals surface area contributed by atoms with E-state index in [-0.39, 0.29) is 18.4 Å². The Morgan fingerprint density at radius 2 is 1.32 bits per heavy atom. The molecule has 0 spiro atoms. The van der Waals surface area contributed by atoms with Gasteiger partial charge in [0.05, 0.1) is 6.10 Å². The summed E-state index contributed by atoms with van der Waals surface area (Å²) in [6, 6.07) is 0. The molecule has 0 rings (SSSR count). The molecule has 8 heteroatoms. The van der Waals surface area contributed by atoms with Gasteiger partial charge in [0.2, 0.25) is 0 Å². The first-order chi connectivity index (χ1) is 9.31. The predicted molar refractivity (Wildman–Crippen MR) is 92.3 cm³/mol. The Bertz CT molecular complexity index is 302. The lowest BCUT2D eigenvalue weighted by atomic mass is 10.0. The van der Waals surface area contributed by atoms with Crippen LogP contribution in [-0.4, -0.2) is 28.7 Å². The minimum atomic E-state index is -4.67. The highest BCUT2D eigenvalue weighted by Crippen LogP contribution is 2.11. The maximum atomic E-state index is 9.45. The second kappa shape index (κ2) is 20.5. The van der Waals surface area contributed by atoms with Crippen molar-refractivity contribution in [2.45, 2.75) is 77.2 Å². The minimum Gasteiger partial charge on any atom is -0.393 e. The Hall–Kier alpha value is -0.510. The van der Waals surface area contributed by atoms with Crippen LogP contribution in [0.3, 0.4) is 0 Å². The van der Waals surface area contributed by atoms with E-state index in [0.29, 0.717) is 0 Å². The Morgan fingerprint density at radius 1 is 0.955 bits per heavy atom. The summed E-state index contributed by atoms with van der Waals surface area (Å²) in [6.07, 6.45) is 14.0. The van der Waals surface area contributed by atoms with Crippen molar-refractivity contribution in [3.63, 3.8) is 0 Å². The van der Waals surface area contributed by atoms with Crippen LogP contribution < -0.4 is 12.3 Å². The molecular weight excluding hydrogens is 308 g/mol. The zero-order valence-electron chi connectivity index (χ0n) is 13.9. The first-order valence-corrected chi connectivity index (χ1v) is 8.69. The van der Waals surface area contributed by atoms with Gasteiger partial charge in [-0.3, -0.25) is 9.11 Å². The number of aliphatic hydroxyl groups is 1. The van der Waals surface area contributed by atoms with E-state index in [9.17, 15) is 5.11 Å². The molecule has 0 aromatic carbocycles. The number of hydrogen-bond donors (Lipinski definition) is 5. The molecule has 1 atom stereocenters. The van der Waals surface area contributed by atoms with Crippen molar-refractivity contribution in [1.82, 2.24) is 12.3 Å². The Morgan fingerprint density at radius 3 is 1.68 bits per heavy atom. The highest BCUT2D eigenvalue weighted by Gasteiger charge is 2.00. The summed E-state index contributed by atoms with van der Waals surface area (Å²) in [5, 5.41) is 9.45. The Labute approximate surface area is 135 Å². The molecule has 0 radical (unpaired) electrons. The van der Waals surface area contributed by atoms with Gasteiger partial charge in [-0.25, -0.2) is 0 Å². The third kappa shape index (κ3) is 42.7. The molecule has 0 aliphatic rings. The standard InChI is InChI=1S/C14H28O.2H3N.H2O4S/c1-3-5-6-7-8-9-10-11-13-14(15)12-4-2;;;1-5(2,3)4/h4,14-15H,2-3,5-13H2,1H3;2*1H3;(H2,1,2,3,4). The summed E-state index contributed by atoms with van der Waals surface area (Å²) in [5.74, 6) is 0. The van der Waals surface area contributed by atoms with E-state index in [2.05, 4.69) is 13.5 Å². The first kappa shape index (κ1) is 29.5. The zero-order chi connectivity index (χ0) is 15.9. The van der Waals surface area contributed by atoms with Gasteiger partial charge in [-0.2, -0.15) is 8.42 Å². The topological polar surface area (TPSA) is 165 Å². The van der Waals surface area contributed by atoms with Crippen LogP contribution in [0.2, 0.25) is 0 Å². The van der Waals surface area contributed by atoms with Crippen LogP contribution in [0.1, 0.15) is 71.1 Å². The van der Waals surface area contributed by atoms with Gasteiger partial charge in [-0.15, -0.1) is 6.58 Å². The van der Waals surface area contributed by atoms with Gasteiger partial charge < -0.3 is 17.4 Å². The van der Waals surface area contributed by atoms with E-state index in [1.807, 2.05) is 0 Å². The van der Waals surface area contributed by atoms with Crippen LogP contribution >= 0.6 is 0 Å². The summed E-state index contributed by atoms with van der Waals surface area (Å²) < 4.78 is 31.6. The van der Waals surface area contributed by atoms with Crippen molar-refractivity contribution < 1.29 is 22.6 Å². The maximum Gasteiger partial charge on any atom is 0.394 e. The van der Waals surface area contributed by atoms with E-state index < -0.39 is 10.4 Å². The quantitative estimate of drug-likeness (QED) is 0.213. The molecule has 1 unspecified atom stereocenters. The molecular formula is C14H36N2O5S. The molecule has 0 aliphatic heterocycles. The predicted octanol–water partition coefficient (Wildman–Crippen LogP) is 4.13. The molecule has 138 valence electrons. The fourth-order valence-electron chi connectivity index (χ4n) is 1.82. The molecule has 0 fully saturated rings. The zero-order valence-corrected chi connectivity index (χ0v) is 14.7. The van der Waals surface area contributed by atoms with Gasteiger partial charge in [0.1, 0.15) is 0 Å². The van der Waals surface area contributed by atoms with Gasteiger partial charge in [0.15, 0.2) is 0 Å². The van der Waals surface area contributed by atoms with E-state index in [0.717, 1.165) is 12.8 Å². The lowest BCUT2D eigenvalue weighted by molar-refractivity contribution is 0.164. The lowest BCUT2D eigenvalue weighted by Gasteiger charge is -2.07. The fraction of sp³-hybridized carbons (Fsp3) is 0.857. The largest absolute Gasteiger partial charge is 0.394 e. The third-order valence-corrected chi connectivity index (χ3v) is 2.83. The van der Waals surface area contributed by atoms with Crippen molar-refractivity contribution in [3.8, 4) is 0 Å². The van der Waals surface area contributed by atoms with Gasteiger partial charge in [-0.1, -0.05) is 64.4 Å². The molecule has 0 aliphatic carbocycles. The van der Waals surface area contributed by atoms with E-state index in [1.54, 1.807) is 6.08 Å². The van der Waals surface area contributed by atoms with Gasteiger partial charge in [-0.05, 0) is 12.8 Å². The second-order valence-electron chi connectivity index (χ2n) is 4.89. The average Bonchev–Trinajstić information content (AvgIpc) is 2.31. The van der Waals surface area contributed by atoms with Crippen molar-refractivity contribution in [1.29, 1.82) is 0 Å². The molecule has 0 amide bonds. The highest BCUT2D eigenvalue weighted by molar-refractivity contribution is 7.79. The molecule has 7 nitrogen and oxygen atoms in total. The average molecular weight is 345 g/mol. The van der Waals surface area contributed by atoms with Crippen LogP contribution in [0, 0.1) is 0 Å². The van der Waals surface area contributed by atoms with E-state index in [4.69, 9.17) is 17.5 Å². The van der Waals surface area contributed by atoms with Crippen molar-refractivity contribution in [3.05, 3.63) is 12.7 Å².